The summed E-state index contributed by atoms with van der Waals surface area (Å²) in [6.45, 7) is 6.85. The summed E-state index contributed by atoms with van der Waals surface area (Å²) in [5.74, 6) is 2.21. The minimum absolute atomic E-state index is 0.197. The second kappa shape index (κ2) is 5.74. The van der Waals surface area contributed by atoms with Gasteiger partial charge in [-0.1, -0.05) is 45.1 Å². The maximum Gasteiger partial charge on any atom is 0.130 e. The van der Waals surface area contributed by atoms with Gasteiger partial charge in [0.05, 0.1) is 19.8 Å². The second-order valence-electron chi connectivity index (χ2n) is 6.24. The molecule has 0 spiro atoms. The molecule has 108 valence electrons. The zero-order chi connectivity index (χ0) is 14.8. The Morgan fingerprint density at radius 2 is 1.65 bits per heavy atom. The monoisotopic (exact) mass is 272 g/mol. The highest BCUT2D eigenvalue weighted by molar-refractivity contribution is 5.79. The Bertz CT molecular complexity index is 511. The minimum Gasteiger partial charge on any atom is -0.496 e. The van der Waals surface area contributed by atoms with Crippen molar-refractivity contribution in [2.75, 3.05) is 14.2 Å². The summed E-state index contributed by atoms with van der Waals surface area (Å²) in [5, 5.41) is 0. The summed E-state index contributed by atoms with van der Waals surface area (Å²) >= 11 is 0. The molecule has 0 bridgehead atoms. The molecule has 2 nitrogen and oxygen atoms in total. The predicted octanol–water partition coefficient (Wildman–Crippen LogP) is 4.71. The van der Waals surface area contributed by atoms with Crippen LogP contribution >= 0.6 is 0 Å². The first kappa shape index (κ1) is 14.7. The van der Waals surface area contributed by atoms with Gasteiger partial charge < -0.3 is 9.47 Å². The summed E-state index contributed by atoms with van der Waals surface area (Å²) in [4.78, 5) is 0. The van der Waals surface area contributed by atoms with Gasteiger partial charge in [0.15, 0.2) is 0 Å². The van der Waals surface area contributed by atoms with Gasteiger partial charge in [0.2, 0.25) is 0 Å². The number of ether oxygens (including phenoxy) is 2. The van der Waals surface area contributed by atoms with Crippen molar-refractivity contribution in [3.63, 3.8) is 0 Å². The molecule has 0 aromatic heterocycles. The molecule has 0 saturated carbocycles. The van der Waals surface area contributed by atoms with Gasteiger partial charge in [-0.2, -0.15) is 0 Å². The van der Waals surface area contributed by atoms with Crippen LogP contribution in [0.1, 0.15) is 32.8 Å². The Kier molecular flexibility index (Phi) is 4.22. The molecular weight excluding hydrogens is 248 g/mol. The fraction of sp³-hybridized carbons (Fsp3) is 0.444. The fourth-order valence-corrected chi connectivity index (χ4v) is 2.84. The van der Waals surface area contributed by atoms with Crippen molar-refractivity contribution in [3.8, 4) is 11.5 Å². The first-order valence-corrected chi connectivity index (χ1v) is 7.07. The summed E-state index contributed by atoms with van der Waals surface area (Å²) < 4.78 is 11.1. The molecule has 0 aliphatic heterocycles. The van der Waals surface area contributed by atoms with Crippen LogP contribution in [0, 0.1) is 11.3 Å². The molecule has 2 heteroatoms. The van der Waals surface area contributed by atoms with E-state index in [0.717, 1.165) is 23.5 Å². The number of benzene rings is 1. The van der Waals surface area contributed by atoms with Crippen molar-refractivity contribution in [2.24, 2.45) is 11.3 Å². The number of allylic oxidation sites excluding steroid dienone is 4. The van der Waals surface area contributed by atoms with Gasteiger partial charge in [-0.05, 0) is 35.5 Å². The maximum absolute atomic E-state index is 5.56. The third-order valence-electron chi connectivity index (χ3n) is 3.92. The van der Waals surface area contributed by atoms with E-state index in [0.29, 0.717) is 5.92 Å². The van der Waals surface area contributed by atoms with Gasteiger partial charge in [0.25, 0.3) is 0 Å². The first-order chi connectivity index (χ1) is 9.49. The molecule has 0 radical (unpaired) electrons. The van der Waals surface area contributed by atoms with E-state index < -0.39 is 0 Å². The predicted molar refractivity (Wildman–Crippen MR) is 84.2 cm³/mol. The highest BCUT2D eigenvalue weighted by Crippen LogP contribution is 2.47. The van der Waals surface area contributed by atoms with Gasteiger partial charge >= 0.3 is 0 Å². The number of hydrogen-bond acceptors (Lipinski definition) is 2. The molecule has 0 fully saturated rings. The normalized spacial score (nSPS) is 18.6. The van der Waals surface area contributed by atoms with Gasteiger partial charge in [0, 0.05) is 0 Å². The van der Waals surface area contributed by atoms with Crippen LogP contribution in [0.4, 0.5) is 0 Å². The molecule has 1 unspecified atom stereocenters. The van der Waals surface area contributed by atoms with Crippen molar-refractivity contribution < 1.29 is 9.47 Å². The molecule has 1 aliphatic carbocycles. The minimum atomic E-state index is 0.197. The molecule has 0 N–H and O–H groups in total. The second-order valence-corrected chi connectivity index (χ2v) is 6.24. The van der Waals surface area contributed by atoms with Crippen LogP contribution in [0.2, 0.25) is 0 Å². The standard InChI is InChI=1S/C18H24O2/c1-18(2,3)14-10-7-6-9-13(14)17-15(19-4)11-8-12-16(17)20-5/h6-9,11-12,14H,10H2,1-5H3. The van der Waals surface area contributed by atoms with E-state index in [9.17, 15) is 0 Å². The van der Waals surface area contributed by atoms with Crippen molar-refractivity contribution in [1.29, 1.82) is 0 Å². The van der Waals surface area contributed by atoms with Crippen LogP contribution in [0.15, 0.2) is 36.4 Å². The van der Waals surface area contributed by atoms with Gasteiger partial charge in [0.1, 0.15) is 11.5 Å². The van der Waals surface area contributed by atoms with E-state index in [1.807, 2.05) is 18.2 Å². The lowest BCUT2D eigenvalue weighted by molar-refractivity contribution is 0.301. The molecule has 1 aromatic carbocycles. The highest BCUT2D eigenvalue weighted by Gasteiger charge is 2.31. The molecule has 0 amide bonds. The summed E-state index contributed by atoms with van der Waals surface area (Å²) in [7, 11) is 3.42. The smallest absolute Gasteiger partial charge is 0.130 e. The van der Waals surface area contributed by atoms with Crippen LogP contribution in [0.3, 0.4) is 0 Å². The quantitative estimate of drug-likeness (QED) is 0.793. The van der Waals surface area contributed by atoms with Crippen LogP contribution < -0.4 is 9.47 Å². The Balaban J connectivity index is 2.59. The molecule has 0 heterocycles. The van der Waals surface area contributed by atoms with Gasteiger partial charge in [-0.25, -0.2) is 0 Å². The zero-order valence-corrected chi connectivity index (χ0v) is 13.1. The number of methoxy groups -OCH3 is 2. The highest BCUT2D eigenvalue weighted by atomic mass is 16.5. The third kappa shape index (κ3) is 2.74. The van der Waals surface area contributed by atoms with Gasteiger partial charge in [-0.3, -0.25) is 0 Å². The average Bonchev–Trinajstić information content (AvgIpc) is 2.45. The van der Waals surface area contributed by atoms with E-state index in [4.69, 9.17) is 9.47 Å². The van der Waals surface area contributed by atoms with Crippen molar-refractivity contribution in [1.82, 2.24) is 0 Å². The van der Waals surface area contributed by atoms with Crippen LogP contribution in [-0.4, -0.2) is 14.2 Å². The summed E-state index contributed by atoms with van der Waals surface area (Å²) in [5.41, 5.74) is 2.58. The first-order valence-electron chi connectivity index (χ1n) is 7.07. The third-order valence-corrected chi connectivity index (χ3v) is 3.92. The molecule has 2 rings (SSSR count). The Labute approximate surface area is 122 Å². The van der Waals surface area contributed by atoms with Gasteiger partial charge in [-0.15, -0.1) is 0 Å². The average molecular weight is 272 g/mol. The van der Waals surface area contributed by atoms with E-state index in [2.05, 4.69) is 39.0 Å². The molecule has 20 heavy (non-hydrogen) atoms. The number of hydrogen-bond donors (Lipinski definition) is 0. The molecule has 1 atom stereocenters. The van der Waals surface area contributed by atoms with Crippen LogP contribution in [-0.2, 0) is 0 Å². The van der Waals surface area contributed by atoms with E-state index in [-0.39, 0.29) is 5.41 Å². The lowest BCUT2D eigenvalue weighted by Crippen LogP contribution is -2.23. The molecule has 0 saturated heterocycles. The van der Waals surface area contributed by atoms with Crippen LogP contribution in [0.5, 0.6) is 11.5 Å². The van der Waals surface area contributed by atoms with Crippen molar-refractivity contribution in [2.45, 2.75) is 27.2 Å². The van der Waals surface area contributed by atoms with E-state index in [1.54, 1.807) is 14.2 Å². The summed E-state index contributed by atoms with van der Waals surface area (Å²) in [6, 6.07) is 5.96. The van der Waals surface area contributed by atoms with E-state index >= 15 is 0 Å². The van der Waals surface area contributed by atoms with Crippen LogP contribution in [0.25, 0.3) is 5.57 Å². The molecule has 1 aliphatic rings. The number of rotatable bonds is 3. The lowest BCUT2D eigenvalue weighted by atomic mass is 9.70. The Morgan fingerprint density at radius 1 is 1.05 bits per heavy atom. The van der Waals surface area contributed by atoms with Crippen molar-refractivity contribution in [3.05, 3.63) is 42.0 Å². The maximum atomic E-state index is 5.56. The topological polar surface area (TPSA) is 18.5 Å². The molecule has 1 aromatic rings. The Morgan fingerprint density at radius 3 is 2.15 bits per heavy atom. The van der Waals surface area contributed by atoms with E-state index in [1.165, 1.54) is 5.57 Å². The summed E-state index contributed by atoms with van der Waals surface area (Å²) in [6.07, 6.45) is 7.61. The van der Waals surface area contributed by atoms with Crippen molar-refractivity contribution >= 4 is 5.57 Å². The Hall–Kier alpha value is -1.70. The largest absolute Gasteiger partial charge is 0.496 e. The lowest BCUT2D eigenvalue weighted by Gasteiger charge is -2.34. The SMILES string of the molecule is COc1cccc(OC)c1C1=CC=CCC1C(C)(C)C. The molecular formula is C18H24O2. The fourth-order valence-electron chi connectivity index (χ4n) is 2.84. The zero-order valence-electron chi connectivity index (χ0n) is 13.1.